The van der Waals surface area contributed by atoms with Gasteiger partial charge in [0.2, 0.25) is 0 Å². The fourth-order valence-corrected chi connectivity index (χ4v) is 3.08. The molecular weight excluding hydrogens is 328 g/mol. The summed E-state index contributed by atoms with van der Waals surface area (Å²) in [6.07, 6.45) is 1.72. The van der Waals surface area contributed by atoms with Crippen LogP contribution in [0.1, 0.15) is 10.6 Å². The molecule has 0 aliphatic carbocycles. The van der Waals surface area contributed by atoms with Gasteiger partial charge in [-0.25, -0.2) is 4.98 Å². The van der Waals surface area contributed by atoms with Crippen LogP contribution in [-0.2, 0) is 0 Å². The molecule has 3 aromatic rings. The van der Waals surface area contributed by atoms with Crippen molar-refractivity contribution in [2.24, 2.45) is 0 Å². The lowest BCUT2D eigenvalue weighted by Crippen LogP contribution is -1.84. The van der Waals surface area contributed by atoms with E-state index in [1.54, 1.807) is 30.3 Å². The maximum absolute atomic E-state index is 9.91. The maximum atomic E-state index is 9.91. The lowest BCUT2D eigenvalue weighted by atomic mass is 10.1. The zero-order chi connectivity index (χ0) is 16.2. The highest BCUT2D eigenvalue weighted by molar-refractivity contribution is 7.11. The van der Waals surface area contributed by atoms with Crippen molar-refractivity contribution in [3.63, 3.8) is 0 Å². The van der Waals surface area contributed by atoms with Crippen LogP contribution in [-0.4, -0.2) is 10.1 Å². The quantitative estimate of drug-likeness (QED) is 0.665. The van der Waals surface area contributed by atoms with Gasteiger partial charge in [-0.1, -0.05) is 41.9 Å². The molecule has 1 N–H and O–H groups in total. The topological polar surface area (TPSA) is 56.9 Å². The maximum Gasteiger partial charge on any atom is 0.134 e. The summed E-state index contributed by atoms with van der Waals surface area (Å²) in [5.74, 6) is 0.165. The summed E-state index contributed by atoms with van der Waals surface area (Å²) in [6, 6.07) is 16.5. The van der Waals surface area contributed by atoms with Gasteiger partial charge < -0.3 is 5.11 Å². The van der Waals surface area contributed by atoms with E-state index in [1.165, 1.54) is 11.3 Å². The van der Waals surface area contributed by atoms with Crippen molar-refractivity contribution in [2.75, 3.05) is 0 Å². The minimum absolute atomic E-state index is 0.165. The van der Waals surface area contributed by atoms with Crippen molar-refractivity contribution in [2.45, 2.75) is 0 Å². The van der Waals surface area contributed by atoms with Crippen LogP contribution in [0.4, 0.5) is 0 Å². The van der Waals surface area contributed by atoms with Crippen molar-refractivity contribution in [3.8, 4) is 23.1 Å². The molecule has 0 saturated carbocycles. The molecule has 3 nitrogen and oxygen atoms in total. The monoisotopic (exact) mass is 338 g/mol. The van der Waals surface area contributed by atoms with E-state index in [0.717, 1.165) is 5.56 Å². The second-order valence-electron chi connectivity index (χ2n) is 4.75. The van der Waals surface area contributed by atoms with E-state index >= 15 is 0 Å². The predicted molar refractivity (Wildman–Crippen MR) is 94.2 cm³/mol. The van der Waals surface area contributed by atoms with Gasteiger partial charge in [-0.3, -0.25) is 0 Å². The fraction of sp³-hybridized carbons (Fsp3) is 0. The normalized spacial score (nSPS) is 11.2. The van der Waals surface area contributed by atoms with Gasteiger partial charge in [0.05, 0.1) is 11.3 Å². The molecule has 0 aliphatic heterocycles. The summed E-state index contributed by atoms with van der Waals surface area (Å²) in [5.41, 5.74) is 2.49. The first-order valence-corrected chi connectivity index (χ1v) is 8.05. The number of phenols is 1. The van der Waals surface area contributed by atoms with E-state index in [9.17, 15) is 10.4 Å². The number of benzene rings is 2. The lowest BCUT2D eigenvalue weighted by molar-refractivity contribution is 0.477. The number of halogens is 1. The molecule has 0 fully saturated rings. The van der Waals surface area contributed by atoms with Gasteiger partial charge in [0.1, 0.15) is 16.8 Å². The van der Waals surface area contributed by atoms with Crippen LogP contribution >= 0.6 is 22.9 Å². The second kappa shape index (κ2) is 6.66. The van der Waals surface area contributed by atoms with Crippen molar-refractivity contribution in [1.82, 2.24) is 4.98 Å². The van der Waals surface area contributed by atoms with E-state index in [0.29, 0.717) is 26.9 Å². The highest BCUT2D eigenvalue weighted by Crippen LogP contribution is 2.32. The van der Waals surface area contributed by atoms with Gasteiger partial charge in [-0.15, -0.1) is 11.3 Å². The number of phenolic OH excluding ortho intramolecular Hbond substituents is 1. The Labute approximate surface area is 142 Å². The molecule has 0 bridgehead atoms. The Morgan fingerprint density at radius 2 is 1.91 bits per heavy atom. The number of hydrogen-bond acceptors (Lipinski definition) is 4. The molecule has 0 spiro atoms. The molecule has 1 heterocycles. The Morgan fingerprint density at radius 1 is 1.17 bits per heavy atom. The van der Waals surface area contributed by atoms with Crippen LogP contribution in [0.15, 0.2) is 53.9 Å². The van der Waals surface area contributed by atoms with Crippen LogP contribution in [0.25, 0.3) is 22.9 Å². The molecule has 23 heavy (non-hydrogen) atoms. The number of nitrogens with zero attached hydrogens (tertiary/aromatic N) is 2. The first-order chi connectivity index (χ1) is 11.2. The number of aromatic nitrogens is 1. The minimum Gasteiger partial charge on any atom is -0.507 e. The summed E-state index contributed by atoms with van der Waals surface area (Å²) in [7, 11) is 0. The van der Waals surface area contributed by atoms with E-state index in [-0.39, 0.29) is 5.75 Å². The Balaban J connectivity index is 2.00. The standard InChI is InChI=1S/C18H11ClN2OS/c19-15-7-3-1-5-12(15)9-13(10-20)18-21-16(11-23-18)14-6-2-4-8-17(14)22/h1-9,11,22H/b13-9-. The van der Waals surface area contributed by atoms with Crippen molar-refractivity contribution < 1.29 is 5.11 Å². The van der Waals surface area contributed by atoms with Crippen LogP contribution in [0.3, 0.4) is 0 Å². The smallest absolute Gasteiger partial charge is 0.134 e. The molecule has 0 saturated heterocycles. The van der Waals surface area contributed by atoms with Crippen molar-refractivity contribution in [3.05, 3.63) is 69.5 Å². The highest BCUT2D eigenvalue weighted by Gasteiger charge is 2.11. The molecule has 0 aliphatic rings. The lowest BCUT2D eigenvalue weighted by Gasteiger charge is -2.00. The van der Waals surface area contributed by atoms with Crippen molar-refractivity contribution >= 4 is 34.6 Å². The number of nitriles is 1. The summed E-state index contributed by atoms with van der Waals surface area (Å²) >= 11 is 7.49. The largest absolute Gasteiger partial charge is 0.507 e. The Morgan fingerprint density at radius 3 is 2.65 bits per heavy atom. The molecule has 0 amide bonds. The summed E-state index contributed by atoms with van der Waals surface area (Å²) in [5, 5.41) is 22.3. The van der Waals surface area contributed by atoms with Crippen LogP contribution in [0.5, 0.6) is 5.75 Å². The molecule has 0 radical (unpaired) electrons. The summed E-state index contributed by atoms with van der Waals surface area (Å²) in [6.45, 7) is 0. The number of para-hydroxylation sites is 1. The van der Waals surface area contributed by atoms with Crippen LogP contribution in [0, 0.1) is 11.3 Å². The SMILES string of the molecule is N#C/C(=C/c1ccccc1Cl)c1nc(-c2ccccc2O)cs1. The summed E-state index contributed by atoms with van der Waals surface area (Å²) in [4.78, 5) is 4.46. The van der Waals surface area contributed by atoms with E-state index in [2.05, 4.69) is 11.1 Å². The van der Waals surface area contributed by atoms with Gasteiger partial charge in [-0.05, 0) is 29.8 Å². The molecule has 5 heteroatoms. The number of aromatic hydroxyl groups is 1. The minimum atomic E-state index is 0.165. The first kappa shape index (κ1) is 15.3. The first-order valence-electron chi connectivity index (χ1n) is 6.79. The zero-order valence-electron chi connectivity index (χ0n) is 11.9. The zero-order valence-corrected chi connectivity index (χ0v) is 13.5. The molecule has 1 aromatic heterocycles. The van der Waals surface area contributed by atoms with Gasteiger partial charge >= 0.3 is 0 Å². The number of hydrogen-bond donors (Lipinski definition) is 1. The molecule has 112 valence electrons. The van der Waals surface area contributed by atoms with E-state index in [4.69, 9.17) is 11.6 Å². The fourth-order valence-electron chi connectivity index (χ4n) is 2.10. The molecule has 0 atom stereocenters. The van der Waals surface area contributed by atoms with Crippen molar-refractivity contribution in [1.29, 1.82) is 5.26 Å². The third-order valence-electron chi connectivity index (χ3n) is 3.24. The van der Waals surface area contributed by atoms with Crippen LogP contribution in [0.2, 0.25) is 5.02 Å². The number of thiazole rings is 1. The van der Waals surface area contributed by atoms with Gasteiger partial charge in [0.25, 0.3) is 0 Å². The van der Waals surface area contributed by atoms with Gasteiger partial charge in [0, 0.05) is 16.0 Å². The highest BCUT2D eigenvalue weighted by atomic mass is 35.5. The van der Waals surface area contributed by atoms with Gasteiger partial charge in [0.15, 0.2) is 0 Å². The Bertz CT molecular complexity index is 925. The van der Waals surface area contributed by atoms with E-state index in [1.807, 2.05) is 29.6 Å². The van der Waals surface area contributed by atoms with Crippen LogP contribution < -0.4 is 0 Å². The second-order valence-corrected chi connectivity index (χ2v) is 6.01. The average Bonchev–Trinajstić information content (AvgIpc) is 3.04. The predicted octanol–water partition coefficient (Wildman–Crippen LogP) is 5.23. The average molecular weight is 339 g/mol. The number of allylic oxidation sites excluding steroid dienone is 1. The third-order valence-corrected chi connectivity index (χ3v) is 4.46. The molecule has 3 rings (SSSR count). The number of rotatable bonds is 3. The Hall–Kier alpha value is -2.61. The molecule has 2 aromatic carbocycles. The molecular formula is C18H11ClN2OS. The third kappa shape index (κ3) is 3.26. The molecule has 0 unspecified atom stereocenters. The summed E-state index contributed by atoms with van der Waals surface area (Å²) < 4.78 is 0. The Kier molecular flexibility index (Phi) is 4.42. The van der Waals surface area contributed by atoms with E-state index < -0.39 is 0 Å². The van der Waals surface area contributed by atoms with Gasteiger partial charge in [-0.2, -0.15) is 5.26 Å².